The summed E-state index contributed by atoms with van der Waals surface area (Å²) in [5.41, 5.74) is 1.08. The highest BCUT2D eigenvalue weighted by atomic mass is 19.1. The molecule has 0 aliphatic heterocycles. The second-order valence-corrected chi connectivity index (χ2v) is 4.70. The fraction of sp³-hybridized carbons (Fsp3) is 0.118. The summed E-state index contributed by atoms with van der Waals surface area (Å²) in [4.78, 5) is 4.33. The Bertz CT molecular complexity index is 774. The monoisotopic (exact) mass is 282 g/mol. The first kappa shape index (κ1) is 13.5. The lowest BCUT2D eigenvalue weighted by atomic mass is 10.1. The minimum atomic E-state index is -0.400. The molecule has 0 unspecified atom stereocenters. The lowest BCUT2D eigenvalue weighted by Gasteiger charge is -2.11. The highest BCUT2D eigenvalue weighted by molar-refractivity contribution is 5.89. The highest BCUT2D eigenvalue weighted by Crippen LogP contribution is 2.30. The van der Waals surface area contributed by atoms with Gasteiger partial charge in [-0.25, -0.2) is 9.37 Å². The Balaban J connectivity index is 2.08. The largest absolute Gasteiger partial charge is 0.435 e. The Labute approximate surface area is 122 Å². The summed E-state index contributed by atoms with van der Waals surface area (Å²) >= 11 is 0. The first-order chi connectivity index (χ1) is 10.3. The van der Waals surface area contributed by atoms with Crippen LogP contribution in [0.4, 0.5) is 4.39 Å². The van der Waals surface area contributed by atoms with Crippen LogP contribution in [0.1, 0.15) is 5.56 Å². The zero-order valence-electron chi connectivity index (χ0n) is 11.6. The average molecular weight is 282 g/mol. The van der Waals surface area contributed by atoms with Crippen molar-refractivity contribution in [2.24, 2.45) is 0 Å². The maximum atomic E-state index is 13.7. The topological polar surface area (TPSA) is 34.2 Å². The molecule has 0 saturated heterocycles. The Morgan fingerprint density at radius 3 is 2.52 bits per heavy atom. The van der Waals surface area contributed by atoms with Gasteiger partial charge in [0.05, 0.1) is 0 Å². The molecule has 2 aromatic carbocycles. The van der Waals surface area contributed by atoms with Gasteiger partial charge >= 0.3 is 0 Å². The molecule has 3 nitrogen and oxygen atoms in total. The van der Waals surface area contributed by atoms with Gasteiger partial charge in [-0.3, -0.25) is 0 Å². The Hall–Kier alpha value is -2.46. The Kier molecular flexibility index (Phi) is 3.79. The van der Waals surface area contributed by atoms with E-state index in [1.807, 2.05) is 31.3 Å². The average Bonchev–Trinajstić information content (AvgIpc) is 2.52. The summed E-state index contributed by atoms with van der Waals surface area (Å²) in [6, 6.07) is 14.1. The molecule has 0 radical (unpaired) electrons. The smallest absolute Gasteiger partial charge is 0.227 e. The number of nitrogens with one attached hydrogen (secondary N) is 1. The van der Waals surface area contributed by atoms with E-state index in [0.29, 0.717) is 12.4 Å². The lowest BCUT2D eigenvalue weighted by Crippen LogP contribution is -2.06. The van der Waals surface area contributed by atoms with E-state index in [2.05, 4.69) is 10.3 Å². The molecular formula is C17H15FN2O. The van der Waals surface area contributed by atoms with Gasteiger partial charge in [-0.05, 0) is 36.2 Å². The number of fused-ring (bicyclic) bond motifs is 1. The summed E-state index contributed by atoms with van der Waals surface area (Å²) in [7, 11) is 1.89. The van der Waals surface area contributed by atoms with Crippen molar-refractivity contribution in [2.75, 3.05) is 7.05 Å². The normalized spacial score (nSPS) is 10.8. The van der Waals surface area contributed by atoms with Crippen LogP contribution in [0.25, 0.3) is 10.8 Å². The van der Waals surface area contributed by atoms with E-state index in [9.17, 15) is 4.39 Å². The van der Waals surface area contributed by atoms with Crippen LogP contribution in [0.2, 0.25) is 0 Å². The zero-order chi connectivity index (χ0) is 14.7. The first-order valence-corrected chi connectivity index (χ1v) is 6.73. The molecule has 1 N–H and O–H groups in total. The molecule has 1 aromatic heterocycles. The number of halogens is 1. The predicted octanol–water partition coefficient (Wildman–Crippen LogP) is 3.89. The maximum absolute atomic E-state index is 13.7. The van der Waals surface area contributed by atoms with Gasteiger partial charge in [-0.15, -0.1) is 0 Å². The number of ether oxygens (including phenoxy) is 1. The van der Waals surface area contributed by atoms with E-state index >= 15 is 0 Å². The van der Waals surface area contributed by atoms with Gasteiger partial charge < -0.3 is 10.1 Å². The van der Waals surface area contributed by atoms with Crippen molar-refractivity contribution < 1.29 is 9.13 Å². The van der Waals surface area contributed by atoms with Crippen molar-refractivity contribution in [1.82, 2.24) is 10.3 Å². The summed E-state index contributed by atoms with van der Waals surface area (Å²) in [6.07, 6.45) is 1.76. The van der Waals surface area contributed by atoms with Gasteiger partial charge in [-0.2, -0.15) is 0 Å². The molecule has 0 amide bonds. The van der Waals surface area contributed by atoms with E-state index in [1.54, 1.807) is 24.4 Å². The van der Waals surface area contributed by atoms with E-state index in [-0.39, 0.29) is 5.75 Å². The Morgan fingerprint density at radius 1 is 1.05 bits per heavy atom. The number of aromatic nitrogens is 1. The minimum Gasteiger partial charge on any atom is -0.435 e. The highest BCUT2D eigenvalue weighted by Gasteiger charge is 2.10. The van der Waals surface area contributed by atoms with E-state index in [4.69, 9.17) is 4.74 Å². The Morgan fingerprint density at radius 2 is 1.76 bits per heavy atom. The van der Waals surface area contributed by atoms with Crippen molar-refractivity contribution >= 4 is 10.8 Å². The van der Waals surface area contributed by atoms with Gasteiger partial charge in [0.1, 0.15) is 0 Å². The molecule has 1 heterocycles. The summed E-state index contributed by atoms with van der Waals surface area (Å²) in [5, 5.41) is 5.03. The molecule has 3 rings (SSSR count). The van der Waals surface area contributed by atoms with E-state index in [1.165, 1.54) is 6.07 Å². The molecule has 0 spiro atoms. The third-order valence-electron chi connectivity index (χ3n) is 3.25. The van der Waals surface area contributed by atoms with Gasteiger partial charge in [0.25, 0.3) is 0 Å². The summed E-state index contributed by atoms with van der Waals surface area (Å²) in [5.74, 6) is 0.190. The third-order valence-corrected chi connectivity index (χ3v) is 3.25. The van der Waals surface area contributed by atoms with Gasteiger partial charge in [0.2, 0.25) is 5.88 Å². The number of pyridine rings is 1. The van der Waals surface area contributed by atoms with Crippen LogP contribution in [0.15, 0.2) is 54.7 Å². The van der Waals surface area contributed by atoms with Crippen LogP contribution >= 0.6 is 0 Å². The number of benzene rings is 2. The zero-order valence-corrected chi connectivity index (χ0v) is 11.6. The fourth-order valence-corrected chi connectivity index (χ4v) is 2.27. The van der Waals surface area contributed by atoms with Crippen molar-refractivity contribution in [2.45, 2.75) is 6.54 Å². The van der Waals surface area contributed by atoms with Crippen LogP contribution in [-0.4, -0.2) is 12.0 Å². The molecule has 4 heteroatoms. The number of hydrogen-bond acceptors (Lipinski definition) is 3. The quantitative estimate of drug-likeness (QED) is 0.788. The summed E-state index contributed by atoms with van der Waals surface area (Å²) < 4.78 is 19.4. The molecule has 0 aliphatic carbocycles. The third kappa shape index (κ3) is 2.71. The molecule has 106 valence electrons. The molecule has 0 fully saturated rings. The first-order valence-electron chi connectivity index (χ1n) is 6.73. The van der Waals surface area contributed by atoms with Crippen molar-refractivity contribution in [3.8, 4) is 11.6 Å². The van der Waals surface area contributed by atoms with E-state index in [0.717, 1.165) is 16.3 Å². The van der Waals surface area contributed by atoms with Crippen molar-refractivity contribution in [1.29, 1.82) is 0 Å². The van der Waals surface area contributed by atoms with Crippen LogP contribution in [0, 0.1) is 5.82 Å². The number of para-hydroxylation sites is 1. The second kappa shape index (κ2) is 5.89. The molecule has 0 aliphatic rings. The molecule has 0 saturated carbocycles. The van der Waals surface area contributed by atoms with Gasteiger partial charge in [-0.1, -0.05) is 30.3 Å². The lowest BCUT2D eigenvalue weighted by molar-refractivity contribution is 0.432. The van der Waals surface area contributed by atoms with Gasteiger partial charge in [0.15, 0.2) is 11.6 Å². The van der Waals surface area contributed by atoms with Crippen LogP contribution in [0.3, 0.4) is 0 Å². The number of hydrogen-bond donors (Lipinski definition) is 1. The molecule has 0 atom stereocenters. The SMILES string of the molecule is CNCc1cnc(Oc2ccccc2F)c2ccccc12. The molecule has 21 heavy (non-hydrogen) atoms. The number of rotatable bonds is 4. The van der Waals surface area contributed by atoms with Crippen LogP contribution in [0.5, 0.6) is 11.6 Å². The standard InChI is InChI=1S/C17H15FN2O/c1-19-10-12-11-20-17(14-7-3-2-6-13(12)14)21-16-9-5-4-8-15(16)18/h2-9,11,19H,10H2,1H3. The van der Waals surface area contributed by atoms with Gasteiger partial charge in [0, 0.05) is 18.1 Å². The fourth-order valence-electron chi connectivity index (χ4n) is 2.27. The van der Waals surface area contributed by atoms with Crippen molar-refractivity contribution in [3.05, 3.63) is 66.1 Å². The molecular weight excluding hydrogens is 267 g/mol. The minimum absolute atomic E-state index is 0.177. The molecule has 0 bridgehead atoms. The van der Waals surface area contributed by atoms with Crippen LogP contribution in [-0.2, 0) is 6.54 Å². The van der Waals surface area contributed by atoms with Crippen molar-refractivity contribution in [3.63, 3.8) is 0 Å². The molecule has 3 aromatic rings. The maximum Gasteiger partial charge on any atom is 0.227 e. The number of nitrogens with zero attached hydrogens (tertiary/aromatic N) is 1. The van der Waals surface area contributed by atoms with Crippen LogP contribution < -0.4 is 10.1 Å². The summed E-state index contributed by atoms with van der Waals surface area (Å²) in [6.45, 7) is 0.716. The second-order valence-electron chi connectivity index (χ2n) is 4.70. The predicted molar refractivity (Wildman–Crippen MR) is 81.0 cm³/mol. The van der Waals surface area contributed by atoms with E-state index < -0.39 is 5.82 Å².